The zero-order chi connectivity index (χ0) is 40.0. The van der Waals surface area contributed by atoms with Crippen molar-refractivity contribution in [3.63, 3.8) is 0 Å². The average molecular weight is 761 g/mol. The van der Waals surface area contributed by atoms with Crippen LogP contribution in [0.5, 0.6) is 0 Å². The van der Waals surface area contributed by atoms with E-state index in [9.17, 15) is 34.5 Å². The van der Waals surface area contributed by atoms with Gasteiger partial charge >= 0.3 is 23.9 Å². The minimum absolute atomic E-state index is 0.00733. The lowest BCUT2D eigenvalue weighted by atomic mass is 9.33. The van der Waals surface area contributed by atoms with E-state index in [4.69, 9.17) is 23.7 Å². The van der Waals surface area contributed by atoms with E-state index in [1.807, 2.05) is 13.8 Å². The Hall–Kier alpha value is -2.54. The molecule has 1 aliphatic heterocycles. The molecule has 3 N–H and O–H groups in total. The number of hydrogen-bond donors (Lipinski definition) is 3. The van der Waals surface area contributed by atoms with Crippen LogP contribution < -0.4 is 0 Å². The van der Waals surface area contributed by atoms with Crippen LogP contribution in [0.25, 0.3) is 0 Å². The van der Waals surface area contributed by atoms with E-state index in [0.717, 1.165) is 38.5 Å². The highest BCUT2D eigenvalue weighted by Crippen LogP contribution is 2.76. The summed E-state index contributed by atoms with van der Waals surface area (Å²) in [6.45, 7) is 18.7. The highest BCUT2D eigenvalue weighted by atomic mass is 16.7. The maximum absolute atomic E-state index is 12.6. The lowest BCUT2D eigenvalue weighted by Gasteiger charge is -2.72. The van der Waals surface area contributed by atoms with E-state index in [1.165, 1.54) is 26.3 Å². The molecule has 0 aromatic heterocycles. The number of esters is 3. The summed E-state index contributed by atoms with van der Waals surface area (Å²) >= 11 is 0. The molecule has 0 amide bonds. The van der Waals surface area contributed by atoms with Crippen molar-refractivity contribution in [1.29, 1.82) is 0 Å². The Morgan fingerprint density at radius 2 is 1.44 bits per heavy atom. The molecular weight excluding hydrogens is 696 g/mol. The molecule has 0 bridgehead atoms. The van der Waals surface area contributed by atoms with Gasteiger partial charge in [-0.25, -0.2) is 0 Å². The maximum atomic E-state index is 12.6. The first-order valence-corrected chi connectivity index (χ1v) is 20.1. The lowest BCUT2D eigenvalue weighted by molar-refractivity contribution is -0.316. The second-order valence-corrected chi connectivity index (χ2v) is 19.4. The minimum Gasteiger partial charge on any atom is -0.481 e. The smallest absolute Gasteiger partial charge is 0.309 e. The van der Waals surface area contributed by atoms with Crippen molar-refractivity contribution < 1.29 is 58.2 Å². The van der Waals surface area contributed by atoms with Crippen molar-refractivity contribution in [2.75, 3.05) is 6.61 Å². The largest absolute Gasteiger partial charge is 0.481 e. The van der Waals surface area contributed by atoms with Crippen LogP contribution in [0.3, 0.4) is 0 Å². The first-order chi connectivity index (χ1) is 25.0. The summed E-state index contributed by atoms with van der Waals surface area (Å²) in [7, 11) is 0. The van der Waals surface area contributed by atoms with Gasteiger partial charge in [-0.2, -0.15) is 0 Å². The van der Waals surface area contributed by atoms with Crippen molar-refractivity contribution in [2.45, 2.75) is 170 Å². The maximum Gasteiger partial charge on any atom is 0.309 e. The van der Waals surface area contributed by atoms with Crippen LogP contribution >= 0.6 is 0 Å². The molecule has 1 heterocycles. The van der Waals surface area contributed by atoms with Gasteiger partial charge in [0.25, 0.3) is 0 Å². The van der Waals surface area contributed by atoms with Gasteiger partial charge in [0.15, 0.2) is 18.5 Å². The summed E-state index contributed by atoms with van der Waals surface area (Å²) in [6.07, 6.45) is 1.94. The van der Waals surface area contributed by atoms with E-state index < -0.39 is 83.0 Å². The molecule has 54 heavy (non-hydrogen) atoms. The number of allylic oxidation sites excluding steroid dienone is 2. The molecule has 12 nitrogen and oxygen atoms in total. The fraction of sp³-hybridized carbons (Fsp3) is 0.857. The van der Waals surface area contributed by atoms with Gasteiger partial charge in [-0.3, -0.25) is 19.2 Å². The van der Waals surface area contributed by atoms with Gasteiger partial charge in [-0.05, 0) is 99.2 Å². The highest BCUT2D eigenvalue weighted by molar-refractivity contribution is 5.74. The summed E-state index contributed by atoms with van der Waals surface area (Å²) < 4.78 is 29.4. The molecule has 12 heteroatoms. The molecule has 6 aliphatic rings. The number of aliphatic carboxylic acids is 1. The quantitative estimate of drug-likeness (QED) is 0.163. The zero-order valence-electron chi connectivity index (χ0n) is 33.9. The fourth-order valence-corrected chi connectivity index (χ4v) is 12.9. The van der Waals surface area contributed by atoms with E-state index in [2.05, 4.69) is 33.8 Å². The summed E-state index contributed by atoms with van der Waals surface area (Å²) in [5.41, 5.74) is -1.12. The Labute approximate surface area is 320 Å². The molecule has 16 atom stereocenters. The molecule has 0 aromatic carbocycles. The van der Waals surface area contributed by atoms with Gasteiger partial charge in [-0.15, -0.1) is 0 Å². The van der Waals surface area contributed by atoms with Gasteiger partial charge in [0.2, 0.25) is 0 Å². The molecule has 4 saturated carbocycles. The first-order valence-electron chi connectivity index (χ1n) is 20.1. The van der Waals surface area contributed by atoms with E-state index in [0.29, 0.717) is 12.8 Å². The topological polar surface area (TPSA) is 175 Å². The number of aliphatic hydroxyl groups is 2. The third kappa shape index (κ3) is 6.24. The molecule has 0 unspecified atom stereocenters. The van der Waals surface area contributed by atoms with Crippen molar-refractivity contribution in [2.24, 2.45) is 50.2 Å². The number of carboxylic acids is 1. The molecule has 0 radical (unpaired) electrons. The number of hydrogen-bond acceptors (Lipinski definition) is 11. The summed E-state index contributed by atoms with van der Waals surface area (Å²) in [5, 5.41) is 34.0. The van der Waals surface area contributed by atoms with Crippen molar-refractivity contribution in [3.8, 4) is 0 Å². The van der Waals surface area contributed by atoms with Crippen molar-refractivity contribution in [3.05, 3.63) is 11.6 Å². The molecule has 1 saturated heterocycles. The average Bonchev–Trinajstić information content (AvgIpc) is 3.07. The molecular formula is C42H64O12. The second kappa shape index (κ2) is 13.8. The van der Waals surface area contributed by atoms with Crippen molar-refractivity contribution in [1.82, 2.24) is 0 Å². The van der Waals surface area contributed by atoms with Gasteiger partial charge in [0.05, 0.1) is 24.2 Å². The molecule has 5 aliphatic carbocycles. The normalized spacial score (nSPS) is 49.8. The molecule has 5 fully saturated rings. The van der Waals surface area contributed by atoms with Crippen LogP contribution in [0.4, 0.5) is 0 Å². The SMILES string of the molecule is CC(=O)O[C@@H]1[C@@H](OC(C)=O)[C@@H](O)[C@H](OC[C@]2(C)[C@@H](OC(C)=O)C[C@H](O)[C@]3(C)[C@H]4CC=C5[C@@H]6C[C@](C)(C(=O)O)CC[C@]6(C)CC[C@@]5(C)[C@]4(C)CC[C@@H]23)O[C@H]1C. The number of aliphatic hydroxyl groups excluding tert-OH is 2. The van der Waals surface area contributed by atoms with Crippen LogP contribution in [0, 0.1) is 50.2 Å². The second-order valence-electron chi connectivity index (χ2n) is 19.4. The van der Waals surface area contributed by atoms with Crippen LogP contribution in [-0.4, -0.2) is 88.7 Å². The summed E-state index contributed by atoms with van der Waals surface area (Å²) in [4.78, 5) is 49.1. The molecule has 6 rings (SSSR count). The van der Waals surface area contributed by atoms with Crippen LogP contribution in [-0.2, 0) is 42.9 Å². The monoisotopic (exact) mass is 760 g/mol. The standard InChI is InChI=1S/C42H64O12/c1-22-33(53-24(3)44)34(54-25(4)45)32(47)35(51-22)50-21-39(7)28-13-14-41(9)29(42(28,10)30(46)19-31(39)52-23(2)43)12-11-26-27-20-38(6,36(48)49)16-15-37(27,5)17-18-40(26,41)8/h11,22,27-35,46-47H,12-21H2,1-10H3,(H,48,49)/t22-,27-,28-,29-,30-,31-,32+,33-,34-,35+,37+,38+,39-,40+,41+,42-/m0/s1. The number of carbonyl (C=O) groups is 4. The van der Waals surface area contributed by atoms with E-state index in [-0.39, 0.29) is 47.0 Å². The van der Waals surface area contributed by atoms with Crippen LogP contribution in [0.1, 0.15) is 127 Å². The fourth-order valence-electron chi connectivity index (χ4n) is 12.9. The van der Waals surface area contributed by atoms with Gasteiger partial charge in [-0.1, -0.05) is 46.3 Å². The van der Waals surface area contributed by atoms with Gasteiger partial charge in [0.1, 0.15) is 12.2 Å². The van der Waals surface area contributed by atoms with Crippen LogP contribution in [0.15, 0.2) is 11.6 Å². The minimum atomic E-state index is -1.48. The van der Waals surface area contributed by atoms with E-state index >= 15 is 0 Å². The first kappa shape index (κ1) is 41.1. The lowest BCUT2D eigenvalue weighted by Crippen LogP contribution is -2.69. The number of carbonyl (C=O) groups excluding carboxylic acids is 3. The van der Waals surface area contributed by atoms with Crippen LogP contribution in [0.2, 0.25) is 0 Å². The Bertz CT molecular complexity index is 1560. The van der Waals surface area contributed by atoms with Crippen molar-refractivity contribution >= 4 is 23.9 Å². The Morgan fingerprint density at radius 3 is 2.06 bits per heavy atom. The number of carboxylic acid groups (broad SMARTS) is 1. The van der Waals surface area contributed by atoms with Gasteiger partial charge < -0.3 is 39.0 Å². The summed E-state index contributed by atoms with van der Waals surface area (Å²) in [5.74, 6) is -2.37. The zero-order valence-corrected chi connectivity index (χ0v) is 33.9. The molecule has 0 spiro atoms. The number of fused-ring (bicyclic) bond motifs is 7. The Balaban J connectivity index is 1.33. The molecule has 0 aromatic rings. The Kier molecular flexibility index (Phi) is 10.5. The highest BCUT2D eigenvalue weighted by Gasteiger charge is 2.71. The predicted molar refractivity (Wildman–Crippen MR) is 195 cm³/mol. The van der Waals surface area contributed by atoms with E-state index in [1.54, 1.807) is 6.92 Å². The van der Waals surface area contributed by atoms with Gasteiger partial charge in [0, 0.05) is 38.0 Å². The number of rotatable bonds is 7. The number of ether oxygens (including phenoxy) is 5. The molecule has 304 valence electrons. The third-order valence-electron chi connectivity index (χ3n) is 16.4. The Morgan fingerprint density at radius 1 is 0.833 bits per heavy atom. The third-order valence-corrected chi connectivity index (χ3v) is 16.4. The summed E-state index contributed by atoms with van der Waals surface area (Å²) in [6, 6.07) is 0. The predicted octanol–water partition coefficient (Wildman–Crippen LogP) is 5.74.